The molecule has 0 fully saturated rings. The molecule has 0 aliphatic carbocycles. The van der Waals surface area contributed by atoms with Crippen LogP contribution in [0.3, 0.4) is 0 Å². The summed E-state index contributed by atoms with van der Waals surface area (Å²) in [5.41, 5.74) is 0. The van der Waals surface area contributed by atoms with Crippen LogP contribution in [0.25, 0.3) is 0 Å². The van der Waals surface area contributed by atoms with E-state index in [1.807, 2.05) is 25.9 Å². The third-order valence-corrected chi connectivity index (χ3v) is 4.35. The van der Waals surface area contributed by atoms with Crippen molar-refractivity contribution in [2.75, 3.05) is 34.2 Å². The smallest absolute Gasteiger partial charge is 0.215 e. The van der Waals surface area contributed by atoms with Crippen molar-refractivity contribution in [1.82, 2.24) is 14.9 Å². The van der Waals surface area contributed by atoms with Gasteiger partial charge in [-0.3, -0.25) is 0 Å². The highest BCUT2D eigenvalue weighted by Crippen LogP contribution is 2.01. The molecule has 0 saturated heterocycles. The molecule has 0 heterocycles. The van der Waals surface area contributed by atoms with Crippen LogP contribution in [0, 0.1) is 0 Å². The van der Waals surface area contributed by atoms with Crippen LogP contribution in [0.5, 0.6) is 0 Å². The largest absolute Gasteiger partial charge is 0.318 e. The van der Waals surface area contributed by atoms with E-state index in [2.05, 4.69) is 10.0 Å². The zero-order valence-electron chi connectivity index (χ0n) is 10.9. The molecule has 0 aliphatic heterocycles. The van der Waals surface area contributed by atoms with Crippen molar-refractivity contribution in [2.45, 2.75) is 31.6 Å². The molecule has 0 rings (SSSR count). The summed E-state index contributed by atoms with van der Waals surface area (Å²) in [6.45, 7) is 4.95. The molecular formula is C10H25N3O2S. The maximum absolute atomic E-state index is 11.8. The van der Waals surface area contributed by atoms with Crippen LogP contribution in [-0.4, -0.2) is 58.8 Å². The Morgan fingerprint density at radius 1 is 1.25 bits per heavy atom. The molecule has 2 N–H and O–H groups in total. The van der Waals surface area contributed by atoms with E-state index in [0.717, 1.165) is 13.0 Å². The second-order valence-corrected chi connectivity index (χ2v) is 6.65. The van der Waals surface area contributed by atoms with Crippen LogP contribution in [0.2, 0.25) is 0 Å². The molecule has 0 amide bonds. The van der Waals surface area contributed by atoms with Gasteiger partial charge in [0, 0.05) is 12.6 Å². The van der Waals surface area contributed by atoms with Gasteiger partial charge in [-0.25, -0.2) is 13.1 Å². The molecule has 98 valence electrons. The first-order valence-corrected chi connectivity index (χ1v) is 7.14. The number of rotatable bonds is 8. The lowest BCUT2D eigenvalue weighted by Gasteiger charge is -2.19. The molecule has 0 aromatic carbocycles. The fraction of sp³-hybridized carbons (Fsp3) is 1.00. The predicted octanol–water partition coefficient (Wildman–Crippen LogP) is -0.146. The first-order chi connectivity index (χ1) is 7.29. The molecule has 0 radical (unpaired) electrons. The lowest BCUT2D eigenvalue weighted by atomic mass is 10.2. The number of hydrogen-bond acceptors (Lipinski definition) is 4. The molecule has 2 atom stereocenters. The standard InChI is InChI=1S/C10H25N3O2S/c1-9(6-7-13(4)5)12-16(14,15)10(2)8-11-3/h9-12H,6-8H2,1-5H3. The molecule has 5 nitrogen and oxygen atoms in total. The van der Waals surface area contributed by atoms with Crippen molar-refractivity contribution in [1.29, 1.82) is 0 Å². The summed E-state index contributed by atoms with van der Waals surface area (Å²) in [5, 5.41) is 2.47. The summed E-state index contributed by atoms with van der Waals surface area (Å²) in [4.78, 5) is 2.04. The number of sulfonamides is 1. The molecule has 0 aliphatic rings. The minimum Gasteiger partial charge on any atom is -0.318 e. The summed E-state index contributed by atoms with van der Waals surface area (Å²) in [6, 6.07) is -0.0216. The van der Waals surface area contributed by atoms with Gasteiger partial charge in [-0.1, -0.05) is 0 Å². The van der Waals surface area contributed by atoms with Crippen molar-refractivity contribution < 1.29 is 8.42 Å². The number of nitrogens with one attached hydrogen (secondary N) is 2. The topological polar surface area (TPSA) is 61.4 Å². The Labute approximate surface area is 99.6 Å². The van der Waals surface area contributed by atoms with Crippen molar-refractivity contribution in [3.63, 3.8) is 0 Å². The van der Waals surface area contributed by atoms with Crippen molar-refractivity contribution in [2.24, 2.45) is 0 Å². The maximum atomic E-state index is 11.8. The van der Waals surface area contributed by atoms with E-state index in [4.69, 9.17) is 0 Å². The van der Waals surface area contributed by atoms with Gasteiger partial charge in [-0.2, -0.15) is 0 Å². The monoisotopic (exact) mass is 251 g/mol. The van der Waals surface area contributed by atoms with Crippen LogP contribution in [0.1, 0.15) is 20.3 Å². The third-order valence-electron chi connectivity index (χ3n) is 2.40. The molecule has 0 bridgehead atoms. The van der Waals surface area contributed by atoms with Gasteiger partial charge in [0.2, 0.25) is 10.0 Å². The molecule has 0 aromatic rings. The average molecular weight is 251 g/mol. The minimum atomic E-state index is -3.20. The van der Waals surface area contributed by atoms with Crippen molar-refractivity contribution in [3.8, 4) is 0 Å². The van der Waals surface area contributed by atoms with E-state index in [1.165, 1.54) is 0 Å². The Balaban J connectivity index is 4.15. The fourth-order valence-corrected chi connectivity index (χ4v) is 2.60. The van der Waals surface area contributed by atoms with Gasteiger partial charge in [-0.05, 0) is 48.0 Å². The predicted molar refractivity (Wildman–Crippen MR) is 68.1 cm³/mol. The Morgan fingerprint density at radius 2 is 1.81 bits per heavy atom. The Bertz CT molecular complexity index is 278. The molecule has 0 saturated carbocycles. The first-order valence-electron chi connectivity index (χ1n) is 5.60. The lowest BCUT2D eigenvalue weighted by molar-refractivity contribution is 0.378. The highest BCUT2D eigenvalue weighted by molar-refractivity contribution is 7.90. The van der Waals surface area contributed by atoms with E-state index < -0.39 is 15.3 Å². The van der Waals surface area contributed by atoms with Gasteiger partial charge >= 0.3 is 0 Å². The Morgan fingerprint density at radius 3 is 2.25 bits per heavy atom. The minimum absolute atomic E-state index is 0.0216. The van der Waals surface area contributed by atoms with Crippen LogP contribution < -0.4 is 10.0 Å². The molecule has 0 spiro atoms. The summed E-state index contributed by atoms with van der Waals surface area (Å²) in [7, 11) is 2.50. The second kappa shape index (κ2) is 7.21. The lowest BCUT2D eigenvalue weighted by Crippen LogP contribution is -2.42. The van der Waals surface area contributed by atoms with E-state index in [-0.39, 0.29) is 6.04 Å². The van der Waals surface area contributed by atoms with E-state index >= 15 is 0 Å². The molecule has 16 heavy (non-hydrogen) atoms. The average Bonchev–Trinajstić information content (AvgIpc) is 2.14. The highest BCUT2D eigenvalue weighted by Gasteiger charge is 2.21. The van der Waals surface area contributed by atoms with Crippen LogP contribution in [0.4, 0.5) is 0 Å². The molecule has 2 unspecified atom stereocenters. The van der Waals surface area contributed by atoms with Gasteiger partial charge in [-0.15, -0.1) is 0 Å². The maximum Gasteiger partial charge on any atom is 0.215 e. The molecule has 0 aromatic heterocycles. The Hall–Kier alpha value is -0.170. The van der Waals surface area contributed by atoms with Gasteiger partial charge in [0.1, 0.15) is 0 Å². The van der Waals surface area contributed by atoms with Crippen molar-refractivity contribution in [3.05, 3.63) is 0 Å². The molecular weight excluding hydrogens is 226 g/mol. The number of nitrogens with zero attached hydrogens (tertiary/aromatic N) is 1. The number of hydrogen-bond donors (Lipinski definition) is 2. The normalized spacial score (nSPS) is 16.4. The van der Waals surface area contributed by atoms with Gasteiger partial charge < -0.3 is 10.2 Å². The zero-order valence-corrected chi connectivity index (χ0v) is 11.8. The third kappa shape index (κ3) is 6.42. The summed E-state index contributed by atoms with van der Waals surface area (Å²) in [5.74, 6) is 0. The summed E-state index contributed by atoms with van der Waals surface area (Å²) >= 11 is 0. The zero-order chi connectivity index (χ0) is 12.8. The van der Waals surface area contributed by atoms with Gasteiger partial charge in [0.15, 0.2) is 0 Å². The molecule has 6 heteroatoms. The summed E-state index contributed by atoms with van der Waals surface area (Å²) in [6.07, 6.45) is 0.818. The van der Waals surface area contributed by atoms with E-state index in [9.17, 15) is 8.42 Å². The SMILES string of the molecule is CNCC(C)S(=O)(=O)NC(C)CCN(C)C. The van der Waals surface area contributed by atoms with Gasteiger partial charge in [0.25, 0.3) is 0 Å². The first kappa shape index (κ1) is 15.8. The highest BCUT2D eigenvalue weighted by atomic mass is 32.2. The van der Waals surface area contributed by atoms with Gasteiger partial charge in [0.05, 0.1) is 5.25 Å². The van der Waals surface area contributed by atoms with Crippen LogP contribution in [0.15, 0.2) is 0 Å². The Kier molecular flexibility index (Phi) is 7.14. The van der Waals surface area contributed by atoms with Crippen LogP contribution in [-0.2, 0) is 10.0 Å². The quantitative estimate of drug-likeness (QED) is 0.630. The van der Waals surface area contributed by atoms with E-state index in [0.29, 0.717) is 6.54 Å². The van der Waals surface area contributed by atoms with Crippen molar-refractivity contribution >= 4 is 10.0 Å². The summed E-state index contributed by atoms with van der Waals surface area (Å²) < 4.78 is 26.3. The fourth-order valence-electron chi connectivity index (χ4n) is 1.30. The van der Waals surface area contributed by atoms with Crippen LogP contribution >= 0.6 is 0 Å². The van der Waals surface area contributed by atoms with E-state index in [1.54, 1.807) is 14.0 Å². The second-order valence-electron chi connectivity index (χ2n) is 4.52.